The van der Waals surface area contributed by atoms with E-state index in [-0.39, 0.29) is 10.3 Å². The Morgan fingerprint density at radius 2 is 2.29 bits per heavy atom. The largest absolute Gasteiger partial charge is 0.286 e. The van der Waals surface area contributed by atoms with Crippen LogP contribution in [0.5, 0.6) is 0 Å². The SMILES string of the molecule is C[C@]1(CBr)Cn2c(nc3ccccc3c2=O)S1. The van der Waals surface area contributed by atoms with Crippen molar-refractivity contribution in [3.8, 4) is 0 Å². The van der Waals surface area contributed by atoms with Crippen molar-refractivity contribution in [3.63, 3.8) is 0 Å². The average Bonchev–Trinajstić information content (AvgIpc) is 2.68. The van der Waals surface area contributed by atoms with E-state index in [0.29, 0.717) is 5.39 Å². The van der Waals surface area contributed by atoms with Crippen molar-refractivity contribution < 1.29 is 0 Å². The van der Waals surface area contributed by atoms with Crippen LogP contribution in [-0.4, -0.2) is 19.6 Å². The van der Waals surface area contributed by atoms with Gasteiger partial charge in [-0.3, -0.25) is 9.36 Å². The second-order valence-electron chi connectivity index (χ2n) is 4.49. The lowest BCUT2D eigenvalue weighted by molar-refractivity contribution is 0.554. The van der Waals surface area contributed by atoms with Gasteiger partial charge >= 0.3 is 0 Å². The van der Waals surface area contributed by atoms with Crippen LogP contribution < -0.4 is 5.56 Å². The first-order valence-corrected chi connectivity index (χ1v) is 7.31. The number of hydrogen-bond acceptors (Lipinski definition) is 3. The molecule has 0 radical (unpaired) electrons. The lowest BCUT2D eigenvalue weighted by atomic mass is 10.2. The molecule has 1 aliphatic heterocycles. The fourth-order valence-corrected chi connectivity index (χ4v) is 3.63. The summed E-state index contributed by atoms with van der Waals surface area (Å²) in [5, 5.41) is 2.38. The van der Waals surface area contributed by atoms with Crippen molar-refractivity contribution in [2.75, 3.05) is 5.33 Å². The molecule has 5 heteroatoms. The molecule has 3 rings (SSSR count). The molecule has 0 saturated carbocycles. The van der Waals surface area contributed by atoms with Crippen molar-refractivity contribution in [3.05, 3.63) is 34.6 Å². The second-order valence-corrected chi connectivity index (χ2v) is 6.60. The molecule has 0 aliphatic carbocycles. The van der Waals surface area contributed by atoms with Gasteiger partial charge in [-0.05, 0) is 19.1 Å². The normalized spacial score (nSPS) is 22.9. The molecule has 1 aromatic heterocycles. The summed E-state index contributed by atoms with van der Waals surface area (Å²) in [6, 6.07) is 7.52. The summed E-state index contributed by atoms with van der Waals surface area (Å²) in [6.45, 7) is 2.86. The Hall–Kier alpha value is -0.810. The second kappa shape index (κ2) is 3.85. The van der Waals surface area contributed by atoms with Crippen molar-refractivity contribution in [2.45, 2.75) is 23.4 Å². The molecule has 0 saturated heterocycles. The van der Waals surface area contributed by atoms with Crippen molar-refractivity contribution in [1.82, 2.24) is 9.55 Å². The van der Waals surface area contributed by atoms with E-state index in [1.54, 1.807) is 16.3 Å². The minimum Gasteiger partial charge on any atom is -0.286 e. The van der Waals surface area contributed by atoms with E-state index in [1.807, 2.05) is 24.3 Å². The summed E-state index contributed by atoms with van der Waals surface area (Å²) >= 11 is 5.18. The monoisotopic (exact) mass is 310 g/mol. The van der Waals surface area contributed by atoms with Gasteiger partial charge in [-0.2, -0.15) is 0 Å². The third-order valence-corrected chi connectivity index (χ3v) is 5.81. The number of rotatable bonds is 1. The van der Waals surface area contributed by atoms with Gasteiger partial charge in [-0.1, -0.05) is 39.8 Å². The van der Waals surface area contributed by atoms with Crippen LogP contribution in [0.2, 0.25) is 0 Å². The predicted octanol–water partition coefficient (Wildman–Crippen LogP) is 2.66. The highest BCUT2D eigenvalue weighted by Gasteiger charge is 2.35. The lowest BCUT2D eigenvalue weighted by Crippen LogP contribution is -2.28. The van der Waals surface area contributed by atoms with Crippen LogP contribution in [-0.2, 0) is 6.54 Å². The first-order chi connectivity index (χ1) is 8.13. The van der Waals surface area contributed by atoms with Gasteiger partial charge in [0.1, 0.15) is 0 Å². The van der Waals surface area contributed by atoms with Gasteiger partial charge in [0.2, 0.25) is 0 Å². The first-order valence-electron chi connectivity index (χ1n) is 5.37. The van der Waals surface area contributed by atoms with E-state index >= 15 is 0 Å². The molecule has 0 spiro atoms. The average molecular weight is 311 g/mol. The molecule has 1 aromatic carbocycles. The van der Waals surface area contributed by atoms with Crippen LogP contribution in [0.1, 0.15) is 6.92 Å². The van der Waals surface area contributed by atoms with Gasteiger partial charge in [0.05, 0.1) is 10.9 Å². The van der Waals surface area contributed by atoms with Crippen LogP contribution in [0, 0.1) is 0 Å². The van der Waals surface area contributed by atoms with E-state index in [9.17, 15) is 4.79 Å². The van der Waals surface area contributed by atoms with Crippen molar-refractivity contribution in [2.24, 2.45) is 0 Å². The fourth-order valence-electron chi connectivity index (χ4n) is 2.02. The predicted molar refractivity (Wildman–Crippen MR) is 74.1 cm³/mol. The standard InChI is InChI=1S/C12H11BrN2OS/c1-12(6-13)7-15-10(16)8-4-2-3-5-9(8)14-11(15)17-12/h2-5H,6-7H2,1H3/t12-/m0/s1. The van der Waals surface area contributed by atoms with E-state index < -0.39 is 0 Å². The summed E-state index contributed by atoms with van der Waals surface area (Å²) in [6.07, 6.45) is 0. The number of fused-ring (bicyclic) bond motifs is 2. The number of benzene rings is 1. The summed E-state index contributed by atoms with van der Waals surface area (Å²) in [7, 11) is 0. The van der Waals surface area contributed by atoms with Gasteiger partial charge in [-0.25, -0.2) is 4.98 Å². The number of hydrogen-bond donors (Lipinski definition) is 0. The number of halogens is 1. The zero-order valence-electron chi connectivity index (χ0n) is 9.31. The van der Waals surface area contributed by atoms with Crippen molar-refractivity contribution >= 4 is 38.6 Å². The quantitative estimate of drug-likeness (QED) is 0.600. The molecule has 3 nitrogen and oxygen atoms in total. The molecule has 1 atom stereocenters. The van der Waals surface area contributed by atoms with E-state index in [0.717, 1.165) is 22.5 Å². The molecule has 1 aliphatic rings. The van der Waals surface area contributed by atoms with E-state index in [2.05, 4.69) is 27.8 Å². The zero-order chi connectivity index (χ0) is 12.0. The van der Waals surface area contributed by atoms with Gasteiger partial charge < -0.3 is 0 Å². The Morgan fingerprint density at radius 1 is 1.53 bits per heavy atom. The highest BCUT2D eigenvalue weighted by molar-refractivity contribution is 9.09. The van der Waals surface area contributed by atoms with E-state index in [4.69, 9.17) is 0 Å². The zero-order valence-corrected chi connectivity index (χ0v) is 11.7. The van der Waals surface area contributed by atoms with Crippen LogP contribution in [0.15, 0.2) is 34.2 Å². The number of aromatic nitrogens is 2. The number of para-hydroxylation sites is 1. The minimum absolute atomic E-state index is 0.0243. The Bertz CT molecular complexity index is 654. The highest BCUT2D eigenvalue weighted by atomic mass is 79.9. The molecule has 17 heavy (non-hydrogen) atoms. The molecule has 0 fully saturated rings. The molecule has 88 valence electrons. The maximum Gasteiger partial charge on any atom is 0.262 e. The molecular weight excluding hydrogens is 300 g/mol. The highest BCUT2D eigenvalue weighted by Crippen LogP contribution is 2.40. The summed E-state index contributed by atoms with van der Waals surface area (Å²) in [4.78, 5) is 16.9. The Morgan fingerprint density at radius 3 is 3.06 bits per heavy atom. The summed E-state index contributed by atoms with van der Waals surface area (Å²) in [5.41, 5.74) is 0.859. The topological polar surface area (TPSA) is 34.9 Å². The van der Waals surface area contributed by atoms with Crippen LogP contribution >= 0.6 is 27.7 Å². The smallest absolute Gasteiger partial charge is 0.262 e. The number of nitrogens with zero attached hydrogens (tertiary/aromatic N) is 2. The third-order valence-electron chi connectivity index (χ3n) is 2.94. The maximum absolute atomic E-state index is 12.3. The van der Waals surface area contributed by atoms with Crippen LogP contribution in [0.3, 0.4) is 0 Å². The Balaban J connectivity index is 2.28. The minimum atomic E-state index is 0.0243. The van der Waals surface area contributed by atoms with Gasteiger partial charge in [-0.15, -0.1) is 0 Å². The van der Waals surface area contributed by atoms with Gasteiger partial charge in [0.15, 0.2) is 5.16 Å². The molecule has 0 N–H and O–H groups in total. The number of thioether (sulfide) groups is 1. The summed E-state index contributed by atoms with van der Waals surface area (Å²) in [5.74, 6) is 0. The van der Waals surface area contributed by atoms with E-state index in [1.165, 1.54) is 0 Å². The molecule has 2 heterocycles. The third kappa shape index (κ3) is 1.72. The van der Waals surface area contributed by atoms with Crippen LogP contribution in [0.25, 0.3) is 10.9 Å². The number of alkyl halides is 1. The van der Waals surface area contributed by atoms with Crippen molar-refractivity contribution in [1.29, 1.82) is 0 Å². The van der Waals surface area contributed by atoms with Gasteiger partial charge in [0.25, 0.3) is 5.56 Å². The first kappa shape index (κ1) is 11.3. The maximum atomic E-state index is 12.3. The Kier molecular flexibility index (Phi) is 2.56. The molecule has 2 aromatic rings. The molecule has 0 amide bonds. The van der Waals surface area contributed by atoms with Crippen LogP contribution in [0.4, 0.5) is 0 Å². The lowest BCUT2D eigenvalue weighted by Gasteiger charge is -2.16. The molecular formula is C12H11BrN2OS. The Labute approximate surface area is 111 Å². The fraction of sp³-hybridized carbons (Fsp3) is 0.333. The molecule has 0 unspecified atom stereocenters. The summed E-state index contributed by atoms with van der Waals surface area (Å²) < 4.78 is 1.81. The van der Waals surface area contributed by atoms with Gasteiger partial charge in [0, 0.05) is 16.6 Å². The molecule has 0 bridgehead atoms.